The maximum atomic E-state index is 13.4. The second-order valence-electron chi connectivity index (χ2n) is 9.69. The standard InChI is InChI=1S/C28H25F3N4O2/c29-28(30,31)37-23-8-1-4-18(14-23)26-33-24-15-19(9-10-25(24)35(26)22-6-2-7-22)27(36)34-13-11-21(17-34)20-5-3-12-32-16-20/h1,3-5,8-10,12,14-16,21-22H,2,6-7,11,13,17H2. The molecule has 6 nitrogen and oxygen atoms in total. The molecule has 3 heterocycles. The van der Waals surface area contributed by atoms with Gasteiger partial charge in [-0.1, -0.05) is 18.2 Å². The smallest absolute Gasteiger partial charge is 0.406 e. The Morgan fingerprint density at radius 3 is 2.62 bits per heavy atom. The molecule has 0 bridgehead atoms. The Hall–Kier alpha value is -3.88. The number of hydrogen-bond donors (Lipinski definition) is 0. The summed E-state index contributed by atoms with van der Waals surface area (Å²) in [5.41, 5.74) is 3.75. The summed E-state index contributed by atoms with van der Waals surface area (Å²) in [5, 5.41) is 0. The molecule has 0 radical (unpaired) electrons. The molecule has 1 atom stereocenters. The van der Waals surface area contributed by atoms with Crippen LogP contribution in [0.5, 0.6) is 5.75 Å². The van der Waals surface area contributed by atoms with Crippen LogP contribution in [-0.4, -0.2) is 44.8 Å². The van der Waals surface area contributed by atoms with E-state index in [0.717, 1.165) is 36.8 Å². The number of imidazole rings is 1. The molecule has 190 valence electrons. The van der Waals surface area contributed by atoms with Crippen LogP contribution in [-0.2, 0) is 0 Å². The highest BCUT2D eigenvalue weighted by molar-refractivity contribution is 5.98. The number of carbonyl (C=O) groups is 1. The van der Waals surface area contributed by atoms with E-state index in [1.165, 1.54) is 18.2 Å². The summed E-state index contributed by atoms with van der Waals surface area (Å²) in [6.45, 7) is 1.31. The van der Waals surface area contributed by atoms with Crippen molar-refractivity contribution in [2.24, 2.45) is 0 Å². The molecule has 1 aliphatic carbocycles. The molecule has 2 aliphatic rings. The van der Waals surface area contributed by atoms with Crippen LogP contribution >= 0.6 is 0 Å². The van der Waals surface area contributed by atoms with Gasteiger partial charge in [-0.15, -0.1) is 13.2 Å². The number of benzene rings is 2. The lowest BCUT2D eigenvalue weighted by Crippen LogP contribution is -2.28. The van der Waals surface area contributed by atoms with Crippen LogP contribution in [0.15, 0.2) is 67.0 Å². The number of pyridine rings is 1. The molecule has 37 heavy (non-hydrogen) atoms. The van der Waals surface area contributed by atoms with Crippen LogP contribution in [0.3, 0.4) is 0 Å². The molecule has 6 rings (SSSR count). The maximum absolute atomic E-state index is 13.4. The van der Waals surface area contributed by atoms with E-state index >= 15 is 0 Å². The van der Waals surface area contributed by atoms with Gasteiger partial charge in [-0.2, -0.15) is 0 Å². The predicted molar refractivity (Wildman–Crippen MR) is 132 cm³/mol. The summed E-state index contributed by atoms with van der Waals surface area (Å²) in [6, 6.07) is 15.6. The van der Waals surface area contributed by atoms with Crippen molar-refractivity contribution in [3.63, 3.8) is 0 Å². The Morgan fingerprint density at radius 2 is 1.89 bits per heavy atom. The van der Waals surface area contributed by atoms with Gasteiger partial charge in [0.25, 0.3) is 5.91 Å². The summed E-state index contributed by atoms with van der Waals surface area (Å²) < 4.78 is 44.6. The first-order chi connectivity index (χ1) is 17.9. The minimum absolute atomic E-state index is 0.0476. The molecule has 1 amide bonds. The molecular formula is C28H25F3N4O2. The highest BCUT2D eigenvalue weighted by Crippen LogP contribution is 2.39. The molecule has 9 heteroatoms. The van der Waals surface area contributed by atoms with Crippen LogP contribution in [0.4, 0.5) is 13.2 Å². The highest BCUT2D eigenvalue weighted by atomic mass is 19.4. The first kappa shape index (κ1) is 23.5. The number of nitrogens with zero attached hydrogens (tertiary/aromatic N) is 4. The van der Waals surface area contributed by atoms with Crippen molar-refractivity contribution in [1.82, 2.24) is 19.4 Å². The molecule has 2 fully saturated rings. The largest absolute Gasteiger partial charge is 0.573 e. The Kier molecular flexibility index (Phi) is 5.85. The van der Waals surface area contributed by atoms with Crippen LogP contribution in [0, 0.1) is 0 Å². The molecule has 1 aliphatic heterocycles. The highest BCUT2D eigenvalue weighted by Gasteiger charge is 2.32. The second-order valence-corrected chi connectivity index (χ2v) is 9.69. The van der Waals surface area contributed by atoms with Crippen LogP contribution < -0.4 is 4.74 Å². The minimum atomic E-state index is -4.77. The average molecular weight is 507 g/mol. The van der Waals surface area contributed by atoms with Crippen LogP contribution in [0.1, 0.15) is 53.6 Å². The summed E-state index contributed by atoms with van der Waals surface area (Å²) in [7, 11) is 0. The van der Waals surface area contributed by atoms with Gasteiger partial charge < -0.3 is 14.2 Å². The topological polar surface area (TPSA) is 60.2 Å². The van der Waals surface area contributed by atoms with Gasteiger partial charge in [0.15, 0.2) is 0 Å². The first-order valence-corrected chi connectivity index (χ1v) is 12.4. The van der Waals surface area contributed by atoms with E-state index in [1.54, 1.807) is 18.3 Å². The number of halogens is 3. The summed E-state index contributed by atoms with van der Waals surface area (Å²) in [5.74, 6) is 0.505. The third-order valence-electron chi connectivity index (χ3n) is 7.33. The van der Waals surface area contributed by atoms with Crippen molar-refractivity contribution in [2.45, 2.75) is 44.0 Å². The van der Waals surface area contributed by atoms with E-state index in [1.807, 2.05) is 35.4 Å². The summed E-state index contributed by atoms with van der Waals surface area (Å²) in [6.07, 6.45) is 2.75. The van der Waals surface area contributed by atoms with Crippen molar-refractivity contribution < 1.29 is 22.7 Å². The fourth-order valence-electron chi connectivity index (χ4n) is 5.30. The number of fused-ring (bicyclic) bond motifs is 1. The van der Waals surface area contributed by atoms with Crippen molar-refractivity contribution >= 4 is 16.9 Å². The van der Waals surface area contributed by atoms with E-state index in [9.17, 15) is 18.0 Å². The minimum Gasteiger partial charge on any atom is -0.406 e. The summed E-state index contributed by atoms with van der Waals surface area (Å²) >= 11 is 0. The molecule has 2 aromatic carbocycles. The Balaban J connectivity index is 1.32. The van der Waals surface area contributed by atoms with Crippen molar-refractivity contribution in [3.8, 4) is 17.1 Å². The van der Waals surface area contributed by atoms with Gasteiger partial charge in [0.05, 0.1) is 11.0 Å². The predicted octanol–water partition coefficient (Wildman–Crippen LogP) is 6.35. The number of hydrogen-bond acceptors (Lipinski definition) is 4. The molecule has 4 aromatic rings. The third-order valence-corrected chi connectivity index (χ3v) is 7.33. The van der Waals surface area contributed by atoms with Crippen molar-refractivity contribution in [3.05, 3.63) is 78.1 Å². The molecule has 0 N–H and O–H groups in total. The Labute approximate surface area is 211 Å². The second kappa shape index (κ2) is 9.21. The number of likely N-dealkylation sites (tertiary alicyclic amines) is 1. The zero-order valence-electron chi connectivity index (χ0n) is 20.0. The van der Waals surface area contributed by atoms with Gasteiger partial charge in [-0.25, -0.2) is 4.98 Å². The lowest BCUT2D eigenvalue weighted by molar-refractivity contribution is -0.274. The zero-order chi connectivity index (χ0) is 25.6. The molecule has 0 spiro atoms. The van der Waals surface area contributed by atoms with Gasteiger partial charge >= 0.3 is 6.36 Å². The van der Waals surface area contributed by atoms with Gasteiger partial charge in [-0.3, -0.25) is 9.78 Å². The normalized spacial score (nSPS) is 18.2. The van der Waals surface area contributed by atoms with E-state index in [4.69, 9.17) is 4.98 Å². The number of ether oxygens (including phenoxy) is 1. The lowest BCUT2D eigenvalue weighted by Gasteiger charge is -2.29. The molecule has 2 aromatic heterocycles. The lowest BCUT2D eigenvalue weighted by atomic mass is 9.92. The Bertz CT molecular complexity index is 1450. The number of amides is 1. The van der Waals surface area contributed by atoms with Crippen molar-refractivity contribution in [2.75, 3.05) is 13.1 Å². The quantitative estimate of drug-likeness (QED) is 0.316. The van der Waals surface area contributed by atoms with Crippen molar-refractivity contribution in [1.29, 1.82) is 0 Å². The van der Waals surface area contributed by atoms with Gasteiger partial charge in [0.1, 0.15) is 11.6 Å². The zero-order valence-corrected chi connectivity index (χ0v) is 20.0. The van der Waals surface area contributed by atoms with Crippen LogP contribution in [0.2, 0.25) is 0 Å². The molecule has 1 saturated carbocycles. The monoisotopic (exact) mass is 506 g/mol. The number of rotatable bonds is 5. The fourth-order valence-corrected chi connectivity index (χ4v) is 5.30. The van der Waals surface area contributed by atoms with E-state index in [2.05, 4.69) is 14.3 Å². The molecule has 1 saturated heterocycles. The molecule has 1 unspecified atom stereocenters. The van der Waals surface area contributed by atoms with Crippen LogP contribution in [0.25, 0.3) is 22.4 Å². The maximum Gasteiger partial charge on any atom is 0.573 e. The van der Waals surface area contributed by atoms with E-state index < -0.39 is 6.36 Å². The van der Waals surface area contributed by atoms with E-state index in [-0.39, 0.29) is 23.6 Å². The third kappa shape index (κ3) is 4.65. The SMILES string of the molecule is O=C(c1ccc2c(c1)nc(-c1cccc(OC(F)(F)F)c1)n2C1CCC1)N1CCC(c2cccnc2)C1. The van der Waals surface area contributed by atoms with Gasteiger partial charge in [0, 0.05) is 48.6 Å². The average Bonchev–Trinajstić information content (AvgIpc) is 3.48. The summed E-state index contributed by atoms with van der Waals surface area (Å²) in [4.78, 5) is 24.2. The van der Waals surface area contributed by atoms with Gasteiger partial charge in [-0.05, 0) is 67.6 Å². The van der Waals surface area contributed by atoms with E-state index in [0.29, 0.717) is 35.6 Å². The Morgan fingerprint density at radius 1 is 1.03 bits per heavy atom. The number of alkyl halides is 3. The molecular weight excluding hydrogens is 481 g/mol. The van der Waals surface area contributed by atoms with Gasteiger partial charge in [0.2, 0.25) is 0 Å². The first-order valence-electron chi connectivity index (χ1n) is 12.4. The fraction of sp³-hybridized carbons (Fsp3) is 0.321. The number of carbonyl (C=O) groups excluding carboxylic acids is 1. The number of aromatic nitrogens is 3.